The van der Waals surface area contributed by atoms with E-state index in [0.717, 1.165) is 25.5 Å². The molecule has 2 heterocycles. The van der Waals surface area contributed by atoms with Gasteiger partial charge in [0.2, 0.25) is 0 Å². The molecule has 1 atom stereocenters. The smallest absolute Gasteiger partial charge is 0.191 e. The number of hydrogen-bond donors (Lipinski definition) is 3. The monoisotopic (exact) mass is 465 g/mol. The Balaban J connectivity index is 0.00000312. The largest absolute Gasteiger partial charge is 0.396 e. The Bertz CT molecular complexity index is 570. The molecule has 1 aromatic rings. The zero-order valence-electron chi connectivity index (χ0n) is 15.1. The number of pyridine rings is 1. The average Bonchev–Trinajstić information content (AvgIpc) is 3.02. The number of hydrogen-bond acceptors (Lipinski definition) is 4. The van der Waals surface area contributed by atoms with Crippen molar-refractivity contribution in [3.05, 3.63) is 24.1 Å². The number of aromatic nitrogens is 1. The fraction of sp³-hybridized carbons (Fsp3) is 0.647. The first kappa shape index (κ1) is 21.9. The van der Waals surface area contributed by atoms with Gasteiger partial charge in [-0.25, -0.2) is 9.37 Å². The van der Waals surface area contributed by atoms with E-state index in [1.165, 1.54) is 6.07 Å². The molecule has 1 saturated heterocycles. The minimum atomic E-state index is -0.289. The van der Waals surface area contributed by atoms with Crippen molar-refractivity contribution < 1.29 is 9.50 Å². The summed E-state index contributed by atoms with van der Waals surface area (Å²) in [6.07, 6.45) is 2.51. The van der Waals surface area contributed by atoms with Crippen molar-refractivity contribution in [3.8, 4) is 0 Å². The predicted molar refractivity (Wildman–Crippen MR) is 110 cm³/mol. The Morgan fingerprint density at radius 3 is 2.92 bits per heavy atom. The molecule has 25 heavy (non-hydrogen) atoms. The van der Waals surface area contributed by atoms with Gasteiger partial charge in [-0.1, -0.05) is 13.8 Å². The molecule has 1 aromatic heterocycles. The Morgan fingerprint density at radius 1 is 1.52 bits per heavy atom. The number of aliphatic hydroxyl groups is 1. The first-order chi connectivity index (χ1) is 11.4. The number of nitrogens with one attached hydrogen (secondary N) is 2. The SMILES string of the molecule is CCNC(=NCC(C)(C)CO)NC1CCN(c2ncccc2F)C1.I. The lowest BCUT2D eigenvalue weighted by molar-refractivity contribution is 0.167. The molecule has 6 nitrogen and oxygen atoms in total. The van der Waals surface area contributed by atoms with E-state index in [9.17, 15) is 9.50 Å². The van der Waals surface area contributed by atoms with Gasteiger partial charge >= 0.3 is 0 Å². The van der Waals surface area contributed by atoms with Gasteiger partial charge < -0.3 is 20.6 Å². The average molecular weight is 465 g/mol. The summed E-state index contributed by atoms with van der Waals surface area (Å²) in [4.78, 5) is 10.7. The fourth-order valence-electron chi connectivity index (χ4n) is 2.54. The number of guanidine groups is 1. The minimum Gasteiger partial charge on any atom is -0.396 e. The molecular formula is C17H29FIN5O. The van der Waals surface area contributed by atoms with Gasteiger partial charge in [-0.3, -0.25) is 4.99 Å². The van der Waals surface area contributed by atoms with Gasteiger partial charge in [0.1, 0.15) is 0 Å². The molecule has 3 N–H and O–H groups in total. The van der Waals surface area contributed by atoms with Crippen molar-refractivity contribution in [2.45, 2.75) is 33.2 Å². The summed E-state index contributed by atoms with van der Waals surface area (Å²) >= 11 is 0. The second-order valence-electron chi connectivity index (χ2n) is 6.90. The zero-order valence-corrected chi connectivity index (χ0v) is 17.5. The van der Waals surface area contributed by atoms with Crippen LogP contribution in [-0.2, 0) is 0 Å². The van der Waals surface area contributed by atoms with Gasteiger partial charge in [0.15, 0.2) is 17.6 Å². The van der Waals surface area contributed by atoms with Crippen molar-refractivity contribution in [1.29, 1.82) is 0 Å². The van der Waals surface area contributed by atoms with Crippen LogP contribution in [0.15, 0.2) is 23.3 Å². The third kappa shape index (κ3) is 6.58. The molecule has 0 spiro atoms. The van der Waals surface area contributed by atoms with Gasteiger partial charge in [0.05, 0.1) is 6.54 Å². The number of rotatable bonds is 6. The predicted octanol–water partition coefficient (Wildman–Crippen LogP) is 1.99. The van der Waals surface area contributed by atoms with Crippen LogP contribution in [0.3, 0.4) is 0 Å². The van der Waals surface area contributed by atoms with Crippen molar-refractivity contribution in [2.24, 2.45) is 10.4 Å². The zero-order chi connectivity index (χ0) is 17.6. The van der Waals surface area contributed by atoms with E-state index in [4.69, 9.17) is 0 Å². The molecule has 0 aromatic carbocycles. The van der Waals surface area contributed by atoms with Crippen molar-refractivity contribution in [1.82, 2.24) is 15.6 Å². The van der Waals surface area contributed by atoms with E-state index in [1.807, 2.05) is 25.7 Å². The van der Waals surface area contributed by atoms with Crippen LogP contribution in [0.1, 0.15) is 27.2 Å². The van der Waals surface area contributed by atoms with Gasteiger partial charge in [0, 0.05) is 43.9 Å². The van der Waals surface area contributed by atoms with Crippen LogP contribution in [0.25, 0.3) is 0 Å². The maximum Gasteiger partial charge on any atom is 0.191 e. The quantitative estimate of drug-likeness (QED) is 0.341. The second kappa shape index (κ2) is 10.1. The van der Waals surface area contributed by atoms with Crippen LogP contribution in [0.4, 0.5) is 10.2 Å². The molecule has 142 valence electrons. The van der Waals surface area contributed by atoms with Crippen LogP contribution in [0.5, 0.6) is 0 Å². The van der Waals surface area contributed by atoms with E-state index in [1.54, 1.807) is 12.3 Å². The second-order valence-corrected chi connectivity index (χ2v) is 6.90. The molecule has 2 rings (SSSR count). The van der Waals surface area contributed by atoms with E-state index in [-0.39, 0.29) is 47.9 Å². The lowest BCUT2D eigenvalue weighted by atomic mass is 9.95. The highest BCUT2D eigenvalue weighted by Gasteiger charge is 2.26. The van der Waals surface area contributed by atoms with Gasteiger partial charge in [-0.05, 0) is 25.5 Å². The van der Waals surface area contributed by atoms with E-state index in [2.05, 4.69) is 20.6 Å². The number of anilines is 1. The minimum absolute atomic E-state index is 0. The molecule has 0 aliphatic carbocycles. The highest BCUT2D eigenvalue weighted by Crippen LogP contribution is 2.20. The summed E-state index contributed by atoms with van der Waals surface area (Å²) in [5, 5.41) is 16.0. The van der Waals surface area contributed by atoms with E-state index < -0.39 is 0 Å². The van der Waals surface area contributed by atoms with Gasteiger partial charge in [0.25, 0.3) is 0 Å². The van der Waals surface area contributed by atoms with Crippen LogP contribution < -0.4 is 15.5 Å². The summed E-state index contributed by atoms with van der Waals surface area (Å²) in [6, 6.07) is 3.22. The Morgan fingerprint density at radius 2 is 2.28 bits per heavy atom. The summed E-state index contributed by atoms with van der Waals surface area (Å²) in [5.41, 5.74) is -0.249. The molecule has 0 bridgehead atoms. The molecule has 1 aliphatic heterocycles. The molecule has 0 saturated carbocycles. The number of halogens is 2. The normalized spacial score (nSPS) is 18.0. The topological polar surface area (TPSA) is 72.8 Å². The summed E-state index contributed by atoms with van der Waals surface area (Å²) in [7, 11) is 0. The molecule has 0 radical (unpaired) electrons. The van der Waals surface area contributed by atoms with Crippen molar-refractivity contribution >= 4 is 35.8 Å². The first-order valence-corrected chi connectivity index (χ1v) is 8.46. The maximum atomic E-state index is 13.9. The Labute approximate surface area is 166 Å². The number of aliphatic hydroxyl groups excluding tert-OH is 1. The fourth-order valence-corrected chi connectivity index (χ4v) is 2.54. The molecular weight excluding hydrogens is 436 g/mol. The van der Waals surface area contributed by atoms with E-state index in [0.29, 0.717) is 18.9 Å². The van der Waals surface area contributed by atoms with Crippen molar-refractivity contribution in [2.75, 3.05) is 37.7 Å². The van der Waals surface area contributed by atoms with Crippen LogP contribution in [-0.4, -0.2) is 54.9 Å². The standard InChI is InChI=1S/C17H28FN5O.HI/c1-4-19-16(21-11-17(2,3)12-24)22-13-7-9-23(10-13)15-14(18)6-5-8-20-15;/h5-6,8,13,24H,4,7,9-12H2,1-3H3,(H2,19,21,22);1H. The Hall–Kier alpha value is -1.16. The highest BCUT2D eigenvalue weighted by molar-refractivity contribution is 14.0. The third-order valence-corrected chi connectivity index (χ3v) is 4.01. The lowest BCUT2D eigenvalue weighted by Gasteiger charge is -2.22. The number of nitrogens with zero attached hydrogens (tertiary/aromatic N) is 3. The molecule has 0 amide bonds. The lowest BCUT2D eigenvalue weighted by Crippen LogP contribution is -2.45. The van der Waals surface area contributed by atoms with E-state index >= 15 is 0 Å². The van der Waals surface area contributed by atoms with Gasteiger partial charge in [-0.2, -0.15) is 0 Å². The molecule has 1 aliphatic rings. The van der Waals surface area contributed by atoms with Crippen molar-refractivity contribution in [3.63, 3.8) is 0 Å². The van der Waals surface area contributed by atoms with Gasteiger partial charge in [-0.15, -0.1) is 24.0 Å². The number of aliphatic imine (C=N–C) groups is 1. The first-order valence-electron chi connectivity index (χ1n) is 8.46. The summed E-state index contributed by atoms with van der Waals surface area (Å²) in [5.74, 6) is 0.848. The summed E-state index contributed by atoms with van der Waals surface area (Å²) < 4.78 is 13.9. The molecule has 8 heteroatoms. The van der Waals surface area contributed by atoms with Crippen LogP contribution in [0, 0.1) is 11.2 Å². The third-order valence-electron chi connectivity index (χ3n) is 4.01. The highest BCUT2D eigenvalue weighted by atomic mass is 127. The summed E-state index contributed by atoms with van der Waals surface area (Å²) in [6.45, 7) is 8.78. The van der Waals surface area contributed by atoms with Crippen LogP contribution in [0.2, 0.25) is 0 Å². The maximum absolute atomic E-state index is 13.9. The molecule has 1 fully saturated rings. The Kier molecular flexibility index (Phi) is 8.84. The molecule has 1 unspecified atom stereocenters. The van der Waals surface area contributed by atoms with Crippen LogP contribution >= 0.6 is 24.0 Å².